The third-order valence-electron chi connectivity index (χ3n) is 1.38. The number of ether oxygens (including phenoxy) is 2. The van der Waals surface area contributed by atoms with Crippen molar-refractivity contribution in [3.63, 3.8) is 0 Å². The van der Waals surface area contributed by atoms with E-state index in [0.29, 0.717) is 11.9 Å². The van der Waals surface area contributed by atoms with Gasteiger partial charge in [-0.25, -0.2) is 0 Å². The van der Waals surface area contributed by atoms with Crippen LogP contribution in [0.5, 0.6) is 0 Å². The Balaban J connectivity index is 0. The van der Waals surface area contributed by atoms with E-state index in [9.17, 15) is 0 Å². The maximum absolute atomic E-state index is 5.41. The normalized spacial score (nSPS) is 9.21. The van der Waals surface area contributed by atoms with Gasteiger partial charge in [-0.05, 0) is 25.0 Å². The Morgan fingerprint density at radius 3 is 1.71 bits per heavy atom. The van der Waals surface area contributed by atoms with Crippen LogP contribution < -0.4 is 10.8 Å². The highest BCUT2D eigenvalue weighted by Crippen LogP contribution is 1.97. The van der Waals surface area contributed by atoms with Gasteiger partial charge >= 0.3 is 0 Å². The van der Waals surface area contributed by atoms with Gasteiger partial charge in [0.2, 0.25) is 0 Å². The zero-order valence-corrected chi connectivity index (χ0v) is 11.1. The van der Waals surface area contributed by atoms with E-state index in [1.54, 1.807) is 20.3 Å². The molecule has 0 aromatic carbocycles. The number of nitrogens with two attached hydrogens (primary N) is 2. The topological polar surface area (TPSA) is 70.5 Å². The summed E-state index contributed by atoms with van der Waals surface area (Å²) in [4.78, 5) is 0. The fourth-order valence-electron chi connectivity index (χ4n) is 0.863. The highest BCUT2D eigenvalue weighted by molar-refractivity contribution is 6.51. The first kappa shape index (κ1) is 15.9. The van der Waals surface area contributed by atoms with Crippen molar-refractivity contribution in [2.75, 3.05) is 14.2 Å². The van der Waals surface area contributed by atoms with Crippen LogP contribution >= 0.6 is 0 Å². The summed E-state index contributed by atoms with van der Waals surface area (Å²) >= 11 is 0. The first-order valence-corrected chi connectivity index (χ1v) is 6.88. The van der Waals surface area contributed by atoms with E-state index in [4.69, 9.17) is 10.8 Å². The lowest BCUT2D eigenvalue weighted by Crippen LogP contribution is -2.37. The van der Waals surface area contributed by atoms with Crippen LogP contribution in [0.3, 0.4) is 0 Å². The predicted octanol–water partition coefficient (Wildman–Crippen LogP) is 0.921. The number of hydrogen-bond donors (Lipinski definition) is 2. The van der Waals surface area contributed by atoms with Gasteiger partial charge in [0, 0.05) is 0 Å². The molecule has 0 unspecified atom stereocenters. The predicted molar refractivity (Wildman–Crippen MR) is 62.9 cm³/mol. The summed E-state index contributed by atoms with van der Waals surface area (Å²) in [6.07, 6.45) is 1.75. The highest BCUT2D eigenvalue weighted by atomic mass is 28.3. The van der Waals surface area contributed by atoms with E-state index < -0.39 is 9.12 Å². The number of methoxy groups -OCH3 is 2. The first-order chi connectivity index (χ1) is 6.47. The van der Waals surface area contributed by atoms with Crippen LogP contribution in [-0.4, -0.2) is 23.3 Å². The minimum atomic E-state index is -1.23. The van der Waals surface area contributed by atoms with Gasteiger partial charge in [-0.1, -0.05) is 13.8 Å². The molecule has 0 fully saturated rings. The van der Waals surface area contributed by atoms with Gasteiger partial charge in [-0.2, -0.15) is 0 Å². The smallest absolute Gasteiger partial charge is 0.274 e. The fourth-order valence-corrected chi connectivity index (χ4v) is 1.95. The molecule has 86 valence electrons. The molecule has 0 saturated heterocycles. The largest absolute Gasteiger partial charge is 0.469 e. The second-order valence-corrected chi connectivity index (χ2v) is 5.11. The van der Waals surface area contributed by atoms with Crippen molar-refractivity contribution in [2.24, 2.45) is 16.7 Å². The molecule has 0 amide bonds. The lowest BCUT2D eigenvalue weighted by molar-refractivity contribution is 0.0948. The minimum absolute atomic E-state index is 0.556. The summed E-state index contributed by atoms with van der Waals surface area (Å²) < 4.78 is 9.38. The molecule has 0 saturated carbocycles. The Morgan fingerprint density at radius 2 is 1.71 bits per heavy atom. The van der Waals surface area contributed by atoms with Crippen molar-refractivity contribution >= 4 is 9.12 Å². The van der Waals surface area contributed by atoms with Crippen LogP contribution in [0.4, 0.5) is 0 Å². The third kappa shape index (κ3) is 14.0. The lowest BCUT2D eigenvalue weighted by Gasteiger charge is -2.03. The Morgan fingerprint density at radius 1 is 1.29 bits per heavy atom. The molecular weight excluding hydrogens is 196 g/mol. The fraction of sp³-hybridized carbons (Fsp3) is 0.778. The molecule has 0 heterocycles. The molecule has 4 nitrogen and oxygen atoms in total. The second kappa shape index (κ2) is 10.6. The molecule has 0 aromatic rings. The SMILES string of the molecule is CC(C)C[SiH](N)N.CC=C(OC)OC. The summed E-state index contributed by atoms with van der Waals surface area (Å²) in [5.74, 6) is 1.24. The summed E-state index contributed by atoms with van der Waals surface area (Å²) in [5.41, 5.74) is 0. The number of rotatable bonds is 4. The molecule has 5 heteroatoms. The van der Waals surface area contributed by atoms with Crippen molar-refractivity contribution in [1.29, 1.82) is 0 Å². The number of hydrogen-bond acceptors (Lipinski definition) is 4. The molecule has 0 aliphatic heterocycles. The van der Waals surface area contributed by atoms with Crippen molar-refractivity contribution < 1.29 is 9.47 Å². The quantitative estimate of drug-likeness (QED) is 0.546. The van der Waals surface area contributed by atoms with Crippen LogP contribution in [0.2, 0.25) is 6.04 Å². The van der Waals surface area contributed by atoms with Gasteiger partial charge in [-0.15, -0.1) is 0 Å². The van der Waals surface area contributed by atoms with Crippen LogP contribution in [0, 0.1) is 5.92 Å². The molecule has 0 atom stereocenters. The third-order valence-corrected chi connectivity index (χ3v) is 2.87. The maximum atomic E-state index is 5.41. The van der Waals surface area contributed by atoms with Crippen LogP contribution in [0.1, 0.15) is 20.8 Å². The van der Waals surface area contributed by atoms with E-state index >= 15 is 0 Å². The van der Waals surface area contributed by atoms with Gasteiger partial charge in [0.15, 0.2) is 9.12 Å². The van der Waals surface area contributed by atoms with Gasteiger partial charge in [0.1, 0.15) is 0 Å². The van der Waals surface area contributed by atoms with E-state index in [-0.39, 0.29) is 0 Å². The van der Waals surface area contributed by atoms with Gasteiger partial charge in [-0.3, -0.25) is 0 Å². The molecule has 0 aliphatic carbocycles. The molecule has 0 radical (unpaired) electrons. The van der Waals surface area contributed by atoms with Gasteiger partial charge in [0.05, 0.1) is 14.2 Å². The van der Waals surface area contributed by atoms with E-state index in [0.717, 1.165) is 6.04 Å². The van der Waals surface area contributed by atoms with Crippen molar-refractivity contribution in [3.05, 3.63) is 12.0 Å². The zero-order valence-electron chi connectivity index (χ0n) is 9.91. The van der Waals surface area contributed by atoms with E-state index in [1.165, 1.54) is 0 Å². The van der Waals surface area contributed by atoms with Crippen LogP contribution in [-0.2, 0) is 9.47 Å². The standard InChI is InChI=1S/C5H10O2.C4H14N2Si/c1-4-5(6-2)7-3;1-4(2)3-7(5)6/h4H,1-3H3;4,7H,3,5-6H2,1-2H3. The molecule has 0 rings (SSSR count). The Hall–Kier alpha value is -0.523. The lowest BCUT2D eigenvalue weighted by atomic mass is 10.3. The Bertz CT molecular complexity index is 138. The Kier molecular flexibility index (Phi) is 12.0. The molecular formula is C9H24N2O2Si. The van der Waals surface area contributed by atoms with Gasteiger partial charge < -0.3 is 20.3 Å². The van der Waals surface area contributed by atoms with Gasteiger partial charge in [0.25, 0.3) is 5.95 Å². The zero-order chi connectivity index (χ0) is 11.6. The average molecular weight is 220 g/mol. The Labute approximate surface area is 89.0 Å². The van der Waals surface area contributed by atoms with Crippen molar-refractivity contribution in [1.82, 2.24) is 0 Å². The molecule has 0 aromatic heterocycles. The summed E-state index contributed by atoms with van der Waals surface area (Å²) in [6.45, 7) is 6.13. The van der Waals surface area contributed by atoms with Crippen molar-refractivity contribution in [3.8, 4) is 0 Å². The minimum Gasteiger partial charge on any atom is -0.469 e. The molecule has 0 spiro atoms. The maximum Gasteiger partial charge on any atom is 0.274 e. The van der Waals surface area contributed by atoms with Crippen molar-refractivity contribution in [2.45, 2.75) is 26.8 Å². The molecule has 14 heavy (non-hydrogen) atoms. The van der Waals surface area contributed by atoms with E-state index in [2.05, 4.69) is 23.3 Å². The first-order valence-electron chi connectivity index (χ1n) is 4.73. The van der Waals surface area contributed by atoms with Crippen LogP contribution in [0.15, 0.2) is 12.0 Å². The van der Waals surface area contributed by atoms with E-state index in [1.807, 2.05) is 6.92 Å². The molecule has 0 bridgehead atoms. The monoisotopic (exact) mass is 220 g/mol. The number of allylic oxidation sites excluding steroid dienone is 1. The van der Waals surface area contributed by atoms with Crippen LogP contribution in [0.25, 0.3) is 0 Å². The average Bonchev–Trinajstić information content (AvgIpc) is 2.06. The summed E-state index contributed by atoms with van der Waals surface area (Å²) in [5, 5.41) is 10.8. The molecule has 4 N–H and O–H groups in total. The second-order valence-electron chi connectivity index (χ2n) is 3.31. The highest BCUT2D eigenvalue weighted by Gasteiger charge is 1.98. The summed E-state index contributed by atoms with van der Waals surface area (Å²) in [7, 11) is 1.91. The summed E-state index contributed by atoms with van der Waals surface area (Å²) in [6, 6.07) is 1.06. The molecule has 0 aliphatic rings.